The molecule has 0 radical (unpaired) electrons. The van der Waals surface area contributed by atoms with Gasteiger partial charge in [0, 0.05) is 24.4 Å². The molecule has 0 bridgehead atoms. The number of hydrogen-bond donors (Lipinski definition) is 0. The van der Waals surface area contributed by atoms with Crippen molar-refractivity contribution in [1.82, 2.24) is 4.57 Å². The number of pyridine rings is 1. The zero-order chi connectivity index (χ0) is 22.7. The topological polar surface area (TPSA) is 66.8 Å². The molecule has 0 amide bonds. The smallest absolute Gasteiger partial charge is 0.200 e. The Hall–Kier alpha value is -4.06. The van der Waals surface area contributed by atoms with Gasteiger partial charge in [-0.05, 0) is 35.9 Å². The lowest BCUT2D eigenvalue weighted by atomic mass is 10.0. The number of aromatic nitrogens is 1. The summed E-state index contributed by atoms with van der Waals surface area (Å²) < 4.78 is 17.9. The van der Waals surface area contributed by atoms with Crippen LogP contribution in [0.3, 0.4) is 0 Å². The number of ketones is 1. The van der Waals surface area contributed by atoms with Crippen LogP contribution in [0.25, 0.3) is 10.9 Å². The summed E-state index contributed by atoms with van der Waals surface area (Å²) in [5, 5.41) is 0.387. The number of methoxy groups -OCH3 is 3. The Kier molecular flexibility index (Phi) is 5.94. The first kappa shape index (κ1) is 21.2. The van der Waals surface area contributed by atoms with Gasteiger partial charge in [0.25, 0.3) is 0 Å². The lowest BCUT2D eigenvalue weighted by Gasteiger charge is -2.16. The van der Waals surface area contributed by atoms with E-state index in [9.17, 15) is 9.59 Å². The number of nitrogens with zero attached hydrogens (tertiary/aromatic N) is 1. The van der Waals surface area contributed by atoms with Gasteiger partial charge in [-0.15, -0.1) is 0 Å². The van der Waals surface area contributed by atoms with Crippen LogP contribution in [0.4, 0.5) is 0 Å². The predicted octanol–water partition coefficient (Wildman–Crippen LogP) is 4.31. The number of benzene rings is 3. The highest BCUT2D eigenvalue weighted by atomic mass is 16.5. The van der Waals surface area contributed by atoms with E-state index in [-0.39, 0.29) is 16.8 Å². The molecule has 0 saturated heterocycles. The summed E-state index contributed by atoms with van der Waals surface area (Å²) in [7, 11) is 4.62. The molecule has 4 rings (SSSR count). The molecule has 6 nitrogen and oxygen atoms in total. The first-order valence-corrected chi connectivity index (χ1v) is 10.1. The van der Waals surface area contributed by atoms with Crippen LogP contribution in [-0.2, 0) is 6.54 Å². The summed E-state index contributed by atoms with van der Waals surface area (Å²) in [5.41, 5.74) is 1.84. The van der Waals surface area contributed by atoms with Crippen LogP contribution >= 0.6 is 0 Å². The molecule has 32 heavy (non-hydrogen) atoms. The highest BCUT2D eigenvalue weighted by Gasteiger charge is 2.19. The third-order valence-corrected chi connectivity index (χ3v) is 5.38. The minimum atomic E-state index is -0.355. The van der Waals surface area contributed by atoms with Crippen molar-refractivity contribution in [2.45, 2.75) is 6.54 Å². The summed E-state index contributed by atoms with van der Waals surface area (Å²) in [6.07, 6.45) is 1.62. The molecule has 0 N–H and O–H groups in total. The first-order chi connectivity index (χ1) is 15.5. The molecule has 1 heterocycles. The van der Waals surface area contributed by atoms with Gasteiger partial charge in [-0.1, -0.05) is 30.3 Å². The van der Waals surface area contributed by atoms with Crippen LogP contribution in [0.1, 0.15) is 21.5 Å². The second-order valence-electron chi connectivity index (χ2n) is 7.27. The lowest BCUT2D eigenvalue weighted by Crippen LogP contribution is -2.20. The number of ether oxygens (including phenoxy) is 3. The molecule has 6 heteroatoms. The van der Waals surface area contributed by atoms with E-state index in [2.05, 4.69) is 0 Å². The molecule has 162 valence electrons. The van der Waals surface area contributed by atoms with Crippen LogP contribution in [0.5, 0.6) is 17.2 Å². The van der Waals surface area contributed by atoms with Crippen LogP contribution in [0.15, 0.2) is 77.7 Å². The Bertz CT molecular complexity index is 1320. The highest BCUT2D eigenvalue weighted by Crippen LogP contribution is 2.31. The summed E-state index contributed by atoms with van der Waals surface area (Å²) in [6.45, 7) is 0.482. The van der Waals surface area contributed by atoms with Crippen molar-refractivity contribution in [1.29, 1.82) is 0 Å². The monoisotopic (exact) mass is 429 g/mol. The second-order valence-corrected chi connectivity index (χ2v) is 7.27. The summed E-state index contributed by atoms with van der Waals surface area (Å²) >= 11 is 0. The van der Waals surface area contributed by atoms with E-state index in [0.717, 1.165) is 5.56 Å². The number of rotatable bonds is 7. The largest absolute Gasteiger partial charge is 0.497 e. The molecule has 0 fully saturated rings. The third-order valence-electron chi connectivity index (χ3n) is 5.38. The van der Waals surface area contributed by atoms with E-state index in [0.29, 0.717) is 40.3 Å². The first-order valence-electron chi connectivity index (χ1n) is 10.1. The van der Waals surface area contributed by atoms with Crippen LogP contribution in [-0.4, -0.2) is 31.7 Å². The van der Waals surface area contributed by atoms with E-state index in [4.69, 9.17) is 14.2 Å². The molecular formula is C26H23NO5. The van der Waals surface area contributed by atoms with Crippen molar-refractivity contribution in [3.8, 4) is 17.2 Å². The van der Waals surface area contributed by atoms with Crippen molar-refractivity contribution >= 4 is 16.7 Å². The van der Waals surface area contributed by atoms with Gasteiger partial charge in [0.15, 0.2) is 17.3 Å². The molecular weight excluding hydrogens is 406 g/mol. The Labute approximate surface area is 185 Å². The fourth-order valence-electron chi connectivity index (χ4n) is 3.69. The molecule has 1 aromatic heterocycles. The minimum Gasteiger partial charge on any atom is -0.497 e. The van der Waals surface area contributed by atoms with Gasteiger partial charge >= 0.3 is 0 Å². The lowest BCUT2D eigenvalue weighted by molar-refractivity contribution is 0.103. The molecule has 0 aliphatic rings. The zero-order valence-electron chi connectivity index (χ0n) is 18.1. The standard InChI is InChI=1S/C26H23NO5/c1-30-19-11-9-18(10-12-19)25(28)21-16-27(15-17-7-5-4-6-8-17)22-14-24(32-3)23(31-2)13-20(22)26(21)29/h4-14,16H,15H2,1-3H3. The van der Waals surface area contributed by atoms with Gasteiger partial charge in [0.05, 0.1) is 37.8 Å². The summed E-state index contributed by atoms with van der Waals surface area (Å²) in [4.78, 5) is 26.7. The average Bonchev–Trinajstić information content (AvgIpc) is 2.85. The van der Waals surface area contributed by atoms with Crippen LogP contribution in [0.2, 0.25) is 0 Å². The minimum absolute atomic E-state index is 0.0887. The molecule has 3 aromatic carbocycles. The Morgan fingerprint density at radius 1 is 0.844 bits per heavy atom. The van der Waals surface area contributed by atoms with Gasteiger partial charge in [0.1, 0.15) is 5.75 Å². The molecule has 0 saturated carbocycles. The van der Waals surface area contributed by atoms with E-state index in [1.54, 1.807) is 56.8 Å². The van der Waals surface area contributed by atoms with Gasteiger partial charge in [0.2, 0.25) is 5.43 Å². The van der Waals surface area contributed by atoms with Crippen molar-refractivity contribution in [3.05, 3.63) is 99.8 Å². The summed E-state index contributed by atoms with van der Waals surface area (Å²) in [6, 6.07) is 19.9. The fraction of sp³-hybridized carbons (Fsp3) is 0.154. The summed E-state index contributed by atoms with van der Waals surface area (Å²) in [5.74, 6) is 1.22. The zero-order valence-corrected chi connectivity index (χ0v) is 18.1. The molecule has 0 aliphatic heterocycles. The Morgan fingerprint density at radius 3 is 2.12 bits per heavy atom. The number of carbonyl (C=O) groups excluding carboxylic acids is 1. The molecule has 0 aliphatic carbocycles. The normalized spacial score (nSPS) is 10.7. The van der Waals surface area contributed by atoms with E-state index >= 15 is 0 Å². The Morgan fingerprint density at radius 2 is 1.50 bits per heavy atom. The maximum atomic E-state index is 13.4. The van der Waals surface area contributed by atoms with Crippen molar-refractivity contribution in [2.75, 3.05) is 21.3 Å². The quantitative estimate of drug-likeness (QED) is 0.410. The maximum absolute atomic E-state index is 13.4. The second kappa shape index (κ2) is 8.98. The SMILES string of the molecule is COc1ccc(C(=O)c2cn(Cc3ccccc3)c3cc(OC)c(OC)cc3c2=O)cc1. The molecule has 4 aromatic rings. The number of hydrogen-bond acceptors (Lipinski definition) is 5. The third kappa shape index (κ3) is 3.95. The van der Waals surface area contributed by atoms with Crippen molar-refractivity contribution < 1.29 is 19.0 Å². The fourth-order valence-corrected chi connectivity index (χ4v) is 3.69. The van der Waals surface area contributed by atoms with Crippen molar-refractivity contribution in [3.63, 3.8) is 0 Å². The van der Waals surface area contributed by atoms with Crippen LogP contribution in [0, 0.1) is 0 Å². The maximum Gasteiger partial charge on any atom is 0.200 e. The number of fused-ring (bicyclic) bond motifs is 1. The molecule has 0 atom stereocenters. The molecule has 0 spiro atoms. The average molecular weight is 429 g/mol. The van der Waals surface area contributed by atoms with E-state index < -0.39 is 0 Å². The van der Waals surface area contributed by atoms with Crippen LogP contribution < -0.4 is 19.6 Å². The van der Waals surface area contributed by atoms with Gasteiger partial charge in [-0.3, -0.25) is 9.59 Å². The van der Waals surface area contributed by atoms with E-state index in [1.807, 2.05) is 34.9 Å². The number of carbonyl (C=O) groups is 1. The predicted molar refractivity (Wildman–Crippen MR) is 123 cm³/mol. The van der Waals surface area contributed by atoms with Gasteiger partial charge < -0.3 is 18.8 Å². The van der Waals surface area contributed by atoms with E-state index in [1.165, 1.54) is 7.11 Å². The van der Waals surface area contributed by atoms with Gasteiger partial charge in [-0.25, -0.2) is 0 Å². The van der Waals surface area contributed by atoms with Gasteiger partial charge in [-0.2, -0.15) is 0 Å². The Balaban J connectivity index is 1.93. The van der Waals surface area contributed by atoms with Crippen molar-refractivity contribution in [2.24, 2.45) is 0 Å². The highest BCUT2D eigenvalue weighted by molar-refractivity contribution is 6.10. The molecule has 0 unspecified atom stereocenters.